The van der Waals surface area contributed by atoms with Crippen molar-refractivity contribution in [1.82, 2.24) is 0 Å². The predicted molar refractivity (Wildman–Crippen MR) is 108 cm³/mol. The van der Waals surface area contributed by atoms with Gasteiger partial charge in [-0.2, -0.15) is 0 Å². The van der Waals surface area contributed by atoms with Crippen LogP contribution in [0.2, 0.25) is 0 Å². The zero-order valence-corrected chi connectivity index (χ0v) is 16.1. The number of likely N-dealkylation sites (N-methyl/N-ethyl adjacent to an activating group) is 1. The van der Waals surface area contributed by atoms with Gasteiger partial charge in [0.1, 0.15) is 37.1 Å². The second-order valence-corrected chi connectivity index (χ2v) is 7.65. The Labute approximate surface area is 164 Å². The number of rotatable bonds is 7. The number of hydrogen-bond acceptors (Lipinski definition) is 4. The van der Waals surface area contributed by atoms with Gasteiger partial charge in [-0.25, -0.2) is 4.79 Å². The fourth-order valence-electron chi connectivity index (χ4n) is 4.02. The molecule has 3 aromatic rings. The Hall–Kier alpha value is -2.63. The van der Waals surface area contributed by atoms with Crippen LogP contribution in [0.1, 0.15) is 23.1 Å². The number of ether oxygens (including phenoxy) is 1. The number of aliphatic hydroxyl groups is 1. The van der Waals surface area contributed by atoms with Crippen molar-refractivity contribution in [3.63, 3.8) is 0 Å². The first kappa shape index (κ1) is 18.7. The van der Waals surface area contributed by atoms with Gasteiger partial charge in [-0.1, -0.05) is 30.3 Å². The zero-order valence-electron chi connectivity index (χ0n) is 16.1. The molecule has 2 atom stereocenters. The predicted octanol–water partition coefficient (Wildman–Crippen LogP) is 1.74. The van der Waals surface area contributed by atoms with E-state index in [1.807, 2.05) is 30.3 Å². The molecule has 1 unspecified atom stereocenters. The van der Waals surface area contributed by atoms with E-state index in [0.29, 0.717) is 17.9 Å². The first-order valence-corrected chi connectivity index (χ1v) is 9.85. The van der Waals surface area contributed by atoms with E-state index in [2.05, 4.69) is 19.2 Å². The van der Waals surface area contributed by atoms with Crippen LogP contribution in [0.4, 0.5) is 0 Å². The first-order valence-electron chi connectivity index (χ1n) is 9.85. The summed E-state index contributed by atoms with van der Waals surface area (Å²) >= 11 is 0. The topological polar surface area (TPSA) is 64.1 Å². The number of benzene rings is 2. The van der Waals surface area contributed by atoms with Crippen LogP contribution in [-0.4, -0.2) is 31.4 Å². The lowest BCUT2D eigenvalue weighted by Crippen LogP contribution is -3.09. The molecule has 0 bridgehead atoms. The van der Waals surface area contributed by atoms with Crippen LogP contribution in [0, 0.1) is 0 Å². The maximum Gasteiger partial charge on any atom is 0.339 e. The molecule has 0 radical (unpaired) electrons. The van der Waals surface area contributed by atoms with Gasteiger partial charge in [0.2, 0.25) is 0 Å². The summed E-state index contributed by atoms with van der Waals surface area (Å²) in [5.41, 5.74) is 3.50. The molecule has 0 aliphatic heterocycles. The summed E-state index contributed by atoms with van der Waals surface area (Å²) in [4.78, 5) is 13.3. The number of quaternary nitrogens is 1. The third kappa shape index (κ3) is 4.11. The fraction of sp³-hybridized carbons (Fsp3) is 0.348. The van der Waals surface area contributed by atoms with Gasteiger partial charge in [0.05, 0.1) is 7.05 Å². The average molecular weight is 380 g/mol. The van der Waals surface area contributed by atoms with Crippen molar-refractivity contribution in [2.24, 2.45) is 0 Å². The number of aliphatic hydroxyl groups excluding tert-OH is 1. The Morgan fingerprint density at radius 2 is 1.93 bits per heavy atom. The van der Waals surface area contributed by atoms with Gasteiger partial charge in [-0.15, -0.1) is 0 Å². The summed E-state index contributed by atoms with van der Waals surface area (Å²) in [6.45, 7) is 1.64. The van der Waals surface area contributed by atoms with Crippen LogP contribution in [0.25, 0.3) is 11.0 Å². The van der Waals surface area contributed by atoms with Gasteiger partial charge in [0.15, 0.2) is 0 Å². The summed E-state index contributed by atoms with van der Waals surface area (Å²) in [6, 6.07) is 15.8. The molecule has 1 aliphatic carbocycles. The highest BCUT2D eigenvalue weighted by atomic mass is 16.5. The maximum atomic E-state index is 12.1. The van der Waals surface area contributed by atoms with E-state index < -0.39 is 6.10 Å². The summed E-state index contributed by atoms with van der Waals surface area (Å²) in [7, 11) is 2.06. The molecule has 28 heavy (non-hydrogen) atoms. The van der Waals surface area contributed by atoms with Crippen molar-refractivity contribution in [1.29, 1.82) is 0 Å². The van der Waals surface area contributed by atoms with Gasteiger partial charge >= 0.3 is 5.63 Å². The fourth-order valence-corrected chi connectivity index (χ4v) is 4.02. The Kier molecular flexibility index (Phi) is 5.46. The molecule has 0 saturated carbocycles. The van der Waals surface area contributed by atoms with Gasteiger partial charge in [-0.3, -0.25) is 0 Å². The minimum atomic E-state index is -0.577. The van der Waals surface area contributed by atoms with Crippen molar-refractivity contribution in [2.75, 3.05) is 20.2 Å². The third-order valence-corrected chi connectivity index (χ3v) is 5.32. The molecule has 2 N–H and O–H groups in total. The van der Waals surface area contributed by atoms with Crippen molar-refractivity contribution in [3.05, 3.63) is 75.6 Å². The molecular formula is C23H26NO4+. The molecule has 2 aromatic carbocycles. The summed E-state index contributed by atoms with van der Waals surface area (Å²) in [6.07, 6.45) is 2.15. The summed E-state index contributed by atoms with van der Waals surface area (Å²) in [5, 5.41) is 11.3. The highest BCUT2D eigenvalue weighted by Gasteiger charge is 2.20. The van der Waals surface area contributed by atoms with Crippen LogP contribution >= 0.6 is 0 Å². The lowest BCUT2D eigenvalue weighted by atomic mass is 10.1. The van der Waals surface area contributed by atoms with Crippen molar-refractivity contribution >= 4 is 11.0 Å². The Balaban J connectivity index is 1.37. The minimum absolute atomic E-state index is 0.201. The highest BCUT2D eigenvalue weighted by molar-refractivity contribution is 5.83. The van der Waals surface area contributed by atoms with E-state index in [4.69, 9.17) is 9.15 Å². The van der Waals surface area contributed by atoms with Crippen molar-refractivity contribution in [2.45, 2.75) is 31.9 Å². The first-order chi connectivity index (χ1) is 13.6. The van der Waals surface area contributed by atoms with Crippen LogP contribution in [0.5, 0.6) is 5.75 Å². The van der Waals surface area contributed by atoms with E-state index in [0.717, 1.165) is 42.3 Å². The lowest BCUT2D eigenvalue weighted by Gasteiger charge is -2.18. The molecule has 146 valence electrons. The third-order valence-electron chi connectivity index (χ3n) is 5.32. The summed E-state index contributed by atoms with van der Waals surface area (Å²) < 4.78 is 11.2. The summed E-state index contributed by atoms with van der Waals surface area (Å²) in [5.74, 6) is 0.605. The molecule has 0 spiro atoms. The number of hydrogen-bond donors (Lipinski definition) is 2. The van der Waals surface area contributed by atoms with Gasteiger partial charge < -0.3 is 19.2 Å². The quantitative estimate of drug-likeness (QED) is 0.613. The van der Waals surface area contributed by atoms with Gasteiger partial charge in [0.25, 0.3) is 0 Å². The maximum absolute atomic E-state index is 12.1. The molecule has 1 aromatic heterocycles. The van der Waals surface area contributed by atoms with Crippen LogP contribution in [-0.2, 0) is 19.4 Å². The molecule has 0 saturated heterocycles. The highest BCUT2D eigenvalue weighted by Crippen LogP contribution is 2.29. The number of nitrogens with one attached hydrogen (secondary N) is 1. The Bertz CT molecular complexity index is 1010. The molecular weight excluding hydrogens is 354 g/mol. The zero-order chi connectivity index (χ0) is 19.5. The van der Waals surface area contributed by atoms with E-state index in [-0.39, 0.29) is 12.2 Å². The normalized spacial score (nSPS) is 15.4. The monoisotopic (exact) mass is 380 g/mol. The lowest BCUT2D eigenvalue weighted by molar-refractivity contribution is -0.897. The van der Waals surface area contributed by atoms with E-state index in [1.165, 1.54) is 10.5 Å². The molecule has 1 aliphatic rings. The molecule has 4 rings (SSSR count). The van der Waals surface area contributed by atoms with Crippen LogP contribution < -0.4 is 15.3 Å². The average Bonchev–Trinajstić information content (AvgIpc) is 3.18. The van der Waals surface area contributed by atoms with Crippen molar-refractivity contribution < 1.29 is 19.2 Å². The van der Waals surface area contributed by atoms with E-state index >= 15 is 0 Å². The molecule has 0 fully saturated rings. The van der Waals surface area contributed by atoms with Crippen molar-refractivity contribution in [3.8, 4) is 5.75 Å². The number of aryl methyl sites for hydroxylation is 1. The van der Waals surface area contributed by atoms with Gasteiger partial charge in [-0.05, 0) is 37.0 Å². The Morgan fingerprint density at radius 3 is 2.75 bits per heavy atom. The standard InChI is InChI=1S/C23H25NO4/c1-24(13-16-6-3-2-4-7-16)14-17(25)15-27-18-10-11-20-19-8-5-9-21(19)23(26)28-22(20)12-18/h2-4,6-7,10-12,17,25H,5,8-9,13-15H2,1H3/p+1/t17-/m1/s1. The van der Waals surface area contributed by atoms with Crippen LogP contribution in [0.3, 0.4) is 0 Å². The number of fused-ring (bicyclic) bond motifs is 3. The van der Waals surface area contributed by atoms with Crippen LogP contribution in [0.15, 0.2) is 57.7 Å². The smallest absolute Gasteiger partial charge is 0.339 e. The molecule has 1 heterocycles. The largest absolute Gasteiger partial charge is 0.491 e. The minimum Gasteiger partial charge on any atom is -0.491 e. The van der Waals surface area contributed by atoms with E-state index in [1.54, 1.807) is 6.07 Å². The Morgan fingerprint density at radius 1 is 1.14 bits per heavy atom. The van der Waals surface area contributed by atoms with Gasteiger partial charge in [0, 0.05) is 22.6 Å². The van der Waals surface area contributed by atoms with E-state index in [9.17, 15) is 9.90 Å². The second-order valence-electron chi connectivity index (χ2n) is 7.65. The molecule has 0 amide bonds. The SMILES string of the molecule is C[NH+](Cc1ccccc1)C[C@@H](O)COc1ccc2c3c(c(=O)oc2c1)CCC3. The molecule has 5 heteroatoms. The second kappa shape index (κ2) is 8.17. The molecule has 5 nitrogen and oxygen atoms in total.